The van der Waals surface area contributed by atoms with Gasteiger partial charge in [0, 0.05) is 31.8 Å². The summed E-state index contributed by atoms with van der Waals surface area (Å²) in [6, 6.07) is 20.9. The van der Waals surface area contributed by atoms with E-state index in [2.05, 4.69) is 18.5 Å². The van der Waals surface area contributed by atoms with Gasteiger partial charge in [-0.05, 0) is 60.7 Å². The maximum absolute atomic E-state index is 13.8. The molecule has 248 valence electrons. The van der Waals surface area contributed by atoms with E-state index in [1.54, 1.807) is 36.3 Å². The van der Waals surface area contributed by atoms with E-state index in [-0.39, 0.29) is 44.0 Å². The summed E-state index contributed by atoms with van der Waals surface area (Å²) in [7, 11) is 2.81. The second-order valence-corrected chi connectivity index (χ2v) is 11.1. The molecule has 0 spiro atoms. The molecule has 0 aliphatic heterocycles. The lowest BCUT2D eigenvalue weighted by atomic mass is 9.90. The molecule has 1 N–H and O–H groups in total. The minimum absolute atomic E-state index is 0.0109. The van der Waals surface area contributed by atoms with Gasteiger partial charge < -0.3 is 24.4 Å². The smallest absolute Gasteiger partial charge is 0.328 e. The molecule has 0 aromatic heterocycles. The van der Waals surface area contributed by atoms with Crippen LogP contribution in [-0.4, -0.2) is 61.9 Å². The molecule has 9 heteroatoms. The first-order chi connectivity index (χ1) is 22.7. The molecule has 0 bridgehead atoms. The van der Waals surface area contributed by atoms with Crippen LogP contribution in [0.4, 0.5) is 0 Å². The van der Waals surface area contributed by atoms with Crippen molar-refractivity contribution in [2.75, 3.05) is 27.4 Å². The topological polar surface area (TPSA) is 111 Å². The third kappa shape index (κ3) is 11.3. The summed E-state index contributed by atoms with van der Waals surface area (Å²) < 4.78 is 15.9. The summed E-state index contributed by atoms with van der Waals surface area (Å²) in [5.41, 5.74) is 3.04. The van der Waals surface area contributed by atoms with Gasteiger partial charge in [0.05, 0.1) is 19.8 Å². The number of nitrogens with zero attached hydrogens (tertiary/aromatic N) is 1. The van der Waals surface area contributed by atoms with Crippen molar-refractivity contribution in [2.45, 2.75) is 45.2 Å². The normalized spacial score (nSPS) is 11.8. The lowest BCUT2D eigenvalue weighted by molar-refractivity contribution is -0.146. The Balaban J connectivity index is 1.77. The summed E-state index contributed by atoms with van der Waals surface area (Å²) in [6.45, 7) is 10.2. The first-order valence-electron chi connectivity index (χ1n) is 15.5. The highest BCUT2D eigenvalue weighted by Gasteiger charge is 2.30. The van der Waals surface area contributed by atoms with Gasteiger partial charge in [-0.2, -0.15) is 0 Å². The average Bonchev–Trinajstić information content (AvgIpc) is 3.08. The highest BCUT2D eigenvalue weighted by molar-refractivity contribution is 6.01. The molecule has 3 rings (SSSR count). The largest absolute Gasteiger partial charge is 0.497 e. The number of hydrogen-bond donors (Lipinski definition) is 1. The third-order valence-electron chi connectivity index (χ3n) is 7.61. The van der Waals surface area contributed by atoms with Gasteiger partial charge in [-0.1, -0.05) is 67.3 Å². The van der Waals surface area contributed by atoms with E-state index in [0.717, 1.165) is 16.7 Å². The van der Waals surface area contributed by atoms with E-state index in [4.69, 9.17) is 14.2 Å². The summed E-state index contributed by atoms with van der Waals surface area (Å²) in [5.74, 6) is -1.35. The molecule has 0 saturated heterocycles. The number of methoxy groups -OCH3 is 2. The second kappa shape index (κ2) is 18.7. The van der Waals surface area contributed by atoms with Crippen LogP contribution in [0.25, 0.3) is 0 Å². The summed E-state index contributed by atoms with van der Waals surface area (Å²) in [6.07, 6.45) is 3.34. The number of carbonyl (C=O) groups is 4. The predicted molar refractivity (Wildman–Crippen MR) is 181 cm³/mol. The predicted octanol–water partition coefficient (Wildman–Crippen LogP) is 5.65. The van der Waals surface area contributed by atoms with Gasteiger partial charge in [0.1, 0.15) is 24.1 Å². The molecule has 3 aromatic rings. The molecule has 0 aliphatic carbocycles. The highest BCUT2D eigenvalue weighted by atomic mass is 16.5. The van der Waals surface area contributed by atoms with Gasteiger partial charge >= 0.3 is 5.97 Å². The van der Waals surface area contributed by atoms with Gasteiger partial charge in [0.15, 0.2) is 5.78 Å². The van der Waals surface area contributed by atoms with Crippen LogP contribution in [-0.2, 0) is 32.1 Å². The van der Waals surface area contributed by atoms with Gasteiger partial charge in [0.25, 0.3) is 0 Å². The summed E-state index contributed by atoms with van der Waals surface area (Å²) in [4.78, 5) is 55.2. The number of rotatable bonds is 19. The van der Waals surface area contributed by atoms with Crippen molar-refractivity contribution in [3.05, 3.63) is 120 Å². The highest BCUT2D eigenvalue weighted by Crippen LogP contribution is 2.25. The number of aryl methyl sites for hydroxylation is 1. The zero-order chi connectivity index (χ0) is 34.2. The Morgan fingerprint density at radius 2 is 1.64 bits per heavy atom. The first-order valence-corrected chi connectivity index (χ1v) is 15.5. The molecule has 47 heavy (non-hydrogen) atoms. The number of carbonyl (C=O) groups excluding carboxylic acids is 4. The van der Waals surface area contributed by atoms with Crippen LogP contribution in [0.2, 0.25) is 0 Å². The monoisotopic (exact) mass is 640 g/mol. The van der Waals surface area contributed by atoms with Gasteiger partial charge in [0.2, 0.25) is 11.8 Å². The number of esters is 1. The van der Waals surface area contributed by atoms with Crippen LogP contribution < -0.4 is 14.8 Å². The lowest BCUT2D eigenvalue weighted by Crippen LogP contribution is -2.45. The Kier molecular flexibility index (Phi) is 14.4. The van der Waals surface area contributed by atoms with Crippen molar-refractivity contribution < 1.29 is 33.4 Å². The van der Waals surface area contributed by atoms with Gasteiger partial charge in [-0.15, -0.1) is 6.58 Å². The summed E-state index contributed by atoms with van der Waals surface area (Å²) >= 11 is 0. The number of benzene rings is 3. The van der Waals surface area contributed by atoms with Crippen molar-refractivity contribution in [3.8, 4) is 11.5 Å². The number of Topliss-reactive ketones (excluding diaryl/α,β-unsaturated/α-hetero) is 1. The number of ketones is 1. The molecule has 0 saturated carbocycles. The fraction of sp³-hybridized carbons (Fsp3) is 0.316. The molecular weight excluding hydrogens is 596 g/mol. The van der Waals surface area contributed by atoms with Crippen molar-refractivity contribution >= 4 is 23.6 Å². The molecule has 0 unspecified atom stereocenters. The number of nitrogens with one attached hydrogen (secondary N) is 1. The lowest BCUT2D eigenvalue weighted by Gasteiger charge is -2.24. The van der Waals surface area contributed by atoms with E-state index in [0.29, 0.717) is 30.2 Å². The third-order valence-corrected chi connectivity index (χ3v) is 7.61. The first kappa shape index (κ1) is 36.3. The molecule has 9 nitrogen and oxygen atoms in total. The number of ether oxygens (including phenoxy) is 3. The number of amides is 2. The van der Waals surface area contributed by atoms with Gasteiger partial charge in [-0.3, -0.25) is 14.4 Å². The maximum Gasteiger partial charge on any atom is 0.328 e. The number of hydrogen-bond acceptors (Lipinski definition) is 7. The maximum atomic E-state index is 13.8. The van der Waals surface area contributed by atoms with E-state index >= 15 is 0 Å². The van der Waals surface area contributed by atoms with Crippen LogP contribution >= 0.6 is 0 Å². The molecule has 0 aliphatic rings. The standard InChI is InChI=1S/C38H44N2O7/c1-6-21-40(26-29-14-16-31(45-4)17-15-29)36(42)20-19-33(38(44)46-5)39-37(43)30(24-28-11-9-8-10-12-28)25-34(41)32-18-13-27(3)23-35(32)47-22-7-2/h6-18,23,30,33H,1-2,19-22,24-26H2,3-5H3,(H,39,43)/t30-,33-/m0/s1. The quantitative estimate of drug-likeness (QED) is 0.102. The minimum Gasteiger partial charge on any atom is -0.497 e. The Morgan fingerprint density at radius 3 is 2.28 bits per heavy atom. The van der Waals surface area contributed by atoms with Crippen LogP contribution in [0.5, 0.6) is 11.5 Å². The Bertz CT molecular complexity index is 1520. The van der Waals surface area contributed by atoms with Crippen LogP contribution in [0.15, 0.2) is 98.1 Å². The SMILES string of the molecule is C=CCOc1cc(C)ccc1C(=O)C[C@H](Cc1ccccc1)C(=O)N[C@@H](CCC(=O)N(CC=C)Cc1ccc(OC)cc1)C(=O)OC. The van der Waals surface area contributed by atoms with Crippen molar-refractivity contribution in [2.24, 2.45) is 5.92 Å². The van der Waals surface area contributed by atoms with Crippen molar-refractivity contribution in [1.29, 1.82) is 0 Å². The molecule has 2 amide bonds. The van der Waals surface area contributed by atoms with Crippen LogP contribution in [0.1, 0.15) is 46.3 Å². The van der Waals surface area contributed by atoms with E-state index < -0.39 is 23.8 Å². The zero-order valence-corrected chi connectivity index (χ0v) is 27.4. The Morgan fingerprint density at radius 1 is 0.915 bits per heavy atom. The van der Waals surface area contributed by atoms with E-state index in [1.807, 2.05) is 67.6 Å². The summed E-state index contributed by atoms with van der Waals surface area (Å²) in [5, 5.41) is 2.78. The van der Waals surface area contributed by atoms with E-state index in [1.165, 1.54) is 7.11 Å². The van der Waals surface area contributed by atoms with Gasteiger partial charge in [-0.25, -0.2) is 4.79 Å². The van der Waals surface area contributed by atoms with Crippen LogP contribution in [0.3, 0.4) is 0 Å². The molecule has 0 radical (unpaired) electrons. The minimum atomic E-state index is -1.10. The van der Waals surface area contributed by atoms with Crippen molar-refractivity contribution in [3.63, 3.8) is 0 Å². The van der Waals surface area contributed by atoms with E-state index in [9.17, 15) is 19.2 Å². The molecule has 2 atom stereocenters. The Labute approximate surface area is 277 Å². The fourth-order valence-electron chi connectivity index (χ4n) is 5.09. The molecular formula is C38H44N2O7. The van der Waals surface area contributed by atoms with Crippen molar-refractivity contribution in [1.82, 2.24) is 10.2 Å². The fourth-order valence-corrected chi connectivity index (χ4v) is 5.09. The molecule has 0 heterocycles. The van der Waals surface area contributed by atoms with Crippen LogP contribution in [0, 0.1) is 12.8 Å². The average molecular weight is 641 g/mol. The zero-order valence-electron chi connectivity index (χ0n) is 27.4. The Hall–Kier alpha value is -5.18. The molecule has 0 fully saturated rings. The second-order valence-electron chi connectivity index (χ2n) is 11.1. The molecule has 3 aromatic carbocycles.